The molecule has 0 bridgehead atoms. The van der Waals surface area contributed by atoms with Crippen molar-refractivity contribution in [3.63, 3.8) is 0 Å². The van der Waals surface area contributed by atoms with Crippen molar-refractivity contribution in [1.82, 2.24) is 20.2 Å². The highest BCUT2D eigenvalue weighted by molar-refractivity contribution is 5.93. The molecule has 1 fully saturated rings. The zero-order chi connectivity index (χ0) is 21.2. The van der Waals surface area contributed by atoms with E-state index < -0.39 is 0 Å². The fourth-order valence-corrected chi connectivity index (χ4v) is 4.27. The van der Waals surface area contributed by atoms with Gasteiger partial charge in [-0.1, -0.05) is 54.6 Å². The van der Waals surface area contributed by atoms with Crippen LogP contribution in [0, 0.1) is 13.8 Å². The monoisotopic (exact) mass is 410 g/mol. The van der Waals surface area contributed by atoms with Crippen LogP contribution >= 0.6 is 0 Å². The third kappa shape index (κ3) is 4.06. The van der Waals surface area contributed by atoms with E-state index >= 15 is 0 Å². The molecule has 3 heterocycles. The standard InChI is InChI=1S/C25H26N6/c1-18-16-19(2)27-25(26-18)31-14-12-30(13-15-31)24-22-11-7-6-10-21(22)23(28-29-24)17-20-8-4-3-5-9-20/h3-11,16H,12-15,17H2,1-2H3. The number of benzene rings is 2. The first-order valence-electron chi connectivity index (χ1n) is 10.8. The van der Waals surface area contributed by atoms with Gasteiger partial charge in [0.15, 0.2) is 5.82 Å². The van der Waals surface area contributed by atoms with E-state index in [4.69, 9.17) is 0 Å². The number of hydrogen-bond acceptors (Lipinski definition) is 6. The van der Waals surface area contributed by atoms with Crippen LogP contribution in [0.5, 0.6) is 0 Å². The fourth-order valence-electron chi connectivity index (χ4n) is 4.27. The minimum absolute atomic E-state index is 0.784. The van der Waals surface area contributed by atoms with Crippen LogP contribution in [0.25, 0.3) is 10.8 Å². The molecule has 6 heteroatoms. The Morgan fingerprint density at radius 2 is 1.32 bits per heavy atom. The van der Waals surface area contributed by atoms with Gasteiger partial charge in [0.1, 0.15) is 0 Å². The van der Waals surface area contributed by atoms with Crippen molar-refractivity contribution in [3.8, 4) is 0 Å². The minimum Gasteiger partial charge on any atom is -0.351 e. The van der Waals surface area contributed by atoms with Crippen LogP contribution < -0.4 is 9.80 Å². The lowest BCUT2D eigenvalue weighted by Gasteiger charge is -2.35. The summed E-state index contributed by atoms with van der Waals surface area (Å²) in [4.78, 5) is 13.8. The van der Waals surface area contributed by atoms with Crippen LogP contribution in [0.2, 0.25) is 0 Å². The summed E-state index contributed by atoms with van der Waals surface area (Å²) in [5, 5.41) is 11.7. The quantitative estimate of drug-likeness (QED) is 0.508. The summed E-state index contributed by atoms with van der Waals surface area (Å²) in [6.07, 6.45) is 0.784. The van der Waals surface area contributed by atoms with E-state index in [9.17, 15) is 0 Å². The van der Waals surface area contributed by atoms with Crippen molar-refractivity contribution < 1.29 is 0 Å². The highest BCUT2D eigenvalue weighted by Crippen LogP contribution is 2.28. The average Bonchev–Trinajstić information content (AvgIpc) is 2.80. The second-order valence-corrected chi connectivity index (χ2v) is 8.10. The predicted octanol–water partition coefficient (Wildman–Crippen LogP) is 3.95. The van der Waals surface area contributed by atoms with Gasteiger partial charge in [0.2, 0.25) is 5.95 Å². The van der Waals surface area contributed by atoms with Crippen LogP contribution in [-0.2, 0) is 6.42 Å². The van der Waals surface area contributed by atoms with E-state index in [0.717, 1.165) is 61.4 Å². The molecule has 4 aromatic rings. The van der Waals surface area contributed by atoms with Gasteiger partial charge in [0, 0.05) is 54.8 Å². The molecule has 156 valence electrons. The SMILES string of the molecule is Cc1cc(C)nc(N2CCN(c3nnc(Cc4ccccc4)c4ccccc34)CC2)n1. The molecule has 0 N–H and O–H groups in total. The van der Waals surface area contributed by atoms with Crippen LogP contribution in [0.15, 0.2) is 60.7 Å². The van der Waals surface area contributed by atoms with Gasteiger partial charge in [-0.2, -0.15) is 5.10 Å². The Balaban J connectivity index is 1.39. The highest BCUT2D eigenvalue weighted by atomic mass is 15.3. The van der Waals surface area contributed by atoms with E-state index in [0.29, 0.717) is 0 Å². The van der Waals surface area contributed by atoms with Gasteiger partial charge in [-0.3, -0.25) is 0 Å². The van der Waals surface area contributed by atoms with Crippen molar-refractivity contribution in [2.75, 3.05) is 36.0 Å². The maximum Gasteiger partial charge on any atom is 0.225 e. The van der Waals surface area contributed by atoms with Crippen molar-refractivity contribution in [2.45, 2.75) is 20.3 Å². The molecule has 6 nitrogen and oxygen atoms in total. The van der Waals surface area contributed by atoms with E-state index in [1.807, 2.05) is 26.0 Å². The van der Waals surface area contributed by atoms with Crippen LogP contribution in [0.1, 0.15) is 22.6 Å². The maximum absolute atomic E-state index is 4.68. The molecule has 0 unspecified atom stereocenters. The average molecular weight is 411 g/mol. The van der Waals surface area contributed by atoms with Gasteiger partial charge in [0.05, 0.1) is 5.69 Å². The van der Waals surface area contributed by atoms with Crippen LogP contribution in [0.3, 0.4) is 0 Å². The van der Waals surface area contributed by atoms with E-state index in [2.05, 4.69) is 78.5 Å². The van der Waals surface area contributed by atoms with Gasteiger partial charge in [-0.05, 0) is 25.5 Å². The summed E-state index contributed by atoms with van der Waals surface area (Å²) in [6.45, 7) is 7.51. The Morgan fingerprint density at radius 1 is 0.710 bits per heavy atom. The number of aromatic nitrogens is 4. The zero-order valence-electron chi connectivity index (χ0n) is 18.0. The molecule has 5 rings (SSSR count). The number of nitrogens with zero attached hydrogens (tertiary/aromatic N) is 6. The third-order valence-corrected chi connectivity index (χ3v) is 5.79. The van der Waals surface area contributed by atoms with Gasteiger partial charge >= 0.3 is 0 Å². The van der Waals surface area contributed by atoms with Crippen molar-refractivity contribution in [2.24, 2.45) is 0 Å². The van der Waals surface area contributed by atoms with Crippen LogP contribution in [0.4, 0.5) is 11.8 Å². The lowest BCUT2D eigenvalue weighted by molar-refractivity contribution is 0.631. The molecule has 0 aliphatic carbocycles. The lowest BCUT2D eigenvalue weighted by Crippen LogP contribution is -2.47. The van der Waals surface area contributed by atoms with Gasteiger partial charge in [0.25, 0.3) is 0 Å². The number of rotatable bonds is 4. The molecule has 0 spiro atoms. The van der Waals surface area contributed by atoms with Crippen molar-refractivity contribution >= 4 is 22.5 Å². The normalized spacial score (nSPS) is 14.3. The predicted molar refractivity (Wildman–Crippen MR) is 125 cm³/mol. The molecular formula is C25H26N6. The summed E-state index contributed by atoms with van der Waals surface area (Å²) in [7, 11) is 0. The summed E-state index contributed by atoms with van der Waals surface area (Å²) >= 11 is 0. The first-order chi connectivity index (χ1) is 15.2. The number of fused-ring (bicyclic) bond motifs is 1. The van der Waals surface area contributed by atoms with Gasteiger partial charge in [-0.15, -0.1) is 5.10 Å². The first-order valence-corrected chi connectivity index (χ1v) is 10.8. The highest BCUT2D eigenvalue weighted by Gasteiger charge is 2.22. The number of hydrogen-bond donors (Lipinski definition) is 0. The summed E-state index contributed by atoms with van der Waals surface area (Å²) in [6, 6.07) is 20.9. The third-order valence-electron chi connectivity index (χ3n) is 5.79. The largest absolute Gasteiger partial charge is 0.351 e. The second-order valence-electron chi connectivity index (χ2n) is 8.10. The number of piperazine rings is 1. The van der Waals surface area contributed by atoms with E-state index in [1.165, 1.54) is 16.3 Å². The topological polar surface area (TPSA) is 58.0 Å². The van der Waals surface area contributed by atoms with E-state index in [-0.39, 0.29) is 0 Å². The Kier molecular flexibility index (Phi) is 5.20. The molecule has 0 amide bonds. The van der Waals surface area contributed by atoms with Crippen molar-refractivity contribution in [3.05, 3.63) is 83.3 Å². The summed E-state index contributed by atoms with van der Waals surface area (Å²) in [5.74, 6) is 1.79. The molecule has 0 atom stereocenters. The number of anilines is 2. The van der Waals surface area contributed by atoms with Crippen LogP contribution in [-0.4, -0.2) is 46.3 Å². The fraction of sp³-hybridized carbons (Fsp3) is 0.280. The molecule has 1 saturated heterocycles. The molecule has 2 aromatic heterocycles. The molecular weight excluding hydrogens is 384 g/mol. The lowest BCUT2D eigenvalue weighted by atomic mass is 10.0. The maximum atomic E-state index is 4.68. The van der Waals surface area contributed by atoms with Gasteiger partial charge in [-0.25, -0.2) is 9.97 Å². The minimum atomic E-state index is 0.784. The zero-order valence-corrected chi connectivity index (χ0v) is 18.0. The molecule has 1 aliphatic rings. The molecule has 2 aromatic carbocycles. The summed E-state index contributed by atoms with van der Waals surface area (Å²) < 4.78 is 0. The summed E-state index contributed by atoms with van der Waals surface area (Å²) in [5.41, 5.74) is 4.29. The molecule has 31 heavy (non-hydrogen) atoms. The smallest absolute Gasteiger partial charge is 0.225 e. The molecule has 0 radical (unpaired) electrons. The van der Waals surface area contributed by atoms with E-state index in [1.54, 1.807) is 0 Å². The molecule has 0 saturated carbocycles. The van der Waals surface area contributed by atoms with Gasteiger partial charge < -0.3 is 9.80 Å². The number of aryl methyl sites for hydroxylation is 2. The Bertz CT molecular complexity index is 1180. The Labute approximate surface area is 182 Å². The Morgan fingerprint density at radius 3 is 2.03 bits per heavy atom. The first kappa shape index (κ1) is 19.4. The second kappa shape index (κ2) is 8.30. The Hall–Kier alpha value is -3.54. The van der Waals surface area contributed by atoms with Crippen molar-refractivity contribution in [1.29, 1.82) is 0 Å². The molecule has 1 aliphatic heterocycles.